The Morgan fingerprint density at radius 3 is 2.73 bits per heavy atom. The van der Waals surface area contributed by atoms with E-state index < -0.39 is 34.5 Å². The molecular formula is C22H28O8. The quantitative estimate of drug-likeness (QED) is 0.533. The van der Waals surface area contributed by atoms with Gasteiger partial charge in [-0.1, -0.05) is 20.8 Å². The second-order valence-electron chi connectivity index (χ2n) is 10.3. The van der Waals surface area contributed by atoms with Gasteiger partial charge >= 0.3 is 12.1 Å². The molecule has 3 heterocycles. The van der Waals surface area contributed by atoms with Crippen LogP contribution in [0.25, 0.3) is 0 Å². The van der Waals surface area contributed by atoms with Gasteiger partial charge in [0.15, 0.2) is 11.7 Å². The zero-order valence-corrected chi connectivity index (χ0v) is 17.7. The Bertz CT molecular complexity index is 896. The van der Waals surface area contributed by atoms with Crippen LogP contribution in [0.15, 0.2) is 11.1 Å². The van der Waals surface area contributed by atoms with Crippen molar-refractivity contribution in [2.24, 2.45) is 17.3 Å². The van der Waals surface area contributed by atoms with E-state index in [4.69, 9.17) is 23.7 Å². The van der Waals surface area contributed by atoms with E-state index in [2.05, 4.69) is 6.92 Å². The molecule has 6 aliphatic rings. The van der Waals surface area contributed by atoms with E-state index >= 15 is 0 Å². The maximum absolute atomic E-state index is 12.4. The third-order valence-electron chi connectivity index (χ3n) is 9.23. The van der Waals surface area contributed by atoms with E-state index in [0.29, 0.717) is 32.3 Å². The van der Waals surface area contributed by atoms with Gasteiger partial charge in [0, 0.05) is 17.4 Å². The zero-order valence-electron chi connectivity index (χ0n) is 17.7. The lowest BCUT2D eigenvalue weighted by Gasteiger charge is -2.60. The number of ether oxygens (including phenoxy) is 5. The van der Waals surface area contributed by atoms with Crippen molar-refractivity contribution in [3.8, 4) is 0 Å². The first-order valence-electron chi connectivity index (χ1n) is 10.9. The average molecular weight is 420 g/mol. The molecule has 8 nitrogen and oxygen atoms in total. The molecule has 8 atom stereocenters. The molecule has 0 aromatic carbocycles. The summed E-state index contributed by atoms with van der Waals surface area (Å²) in [6.07, 6.45) is 0.263. The molecule has 30 heavy (non-hydrogen) atoms. The zero-order chi connectivity index (χ0) is 21.3. The number of hydrogen-bond acceptors (Lipinski definition) is 8. The second kappa shape index (κ2) is 5.40. The fourth-order valence-electron chi connectivity index (χ4n) is 7.53. The summed E-state index contributed by atoms with van der Waals surface area (Å²) in [7, 11) is 1.28. The summed E-state index contributed by atoms with van der Waals surface area (Å²) in [5, 5.41) is 12.4. The summed E-state index contributed by atoms with van der Waals surface area (Å²) >= 11 is 0. The van der Waals surface area contributed by atoms with E-state index in [0.717, 1.165) is 11.1 Å². The van der Waals surface area contributed by atoms with Gasteiger partial charge in [-0.2, -0.15) is 0 Å². The molecule has 0 amide bonds. The molecule has 0 aromatic rings. The molecule has 1 N–H and O–H groups in total. The Hall–Kier alpha value is -1.64. The third-order valence-corrected chi connectivity index (χ3v) is 9.23. The largest absolute Gasteiger partial charge is 0.508 e. The summed E-state index contributed by atoms with van der Waals surface area (Å²) < 4.78 is 28.5. The van der Waals surface area contributed by atoms with Crippen LogP contribution in [-0.4, -0.2) is 66.1 Å². The topological polar surface area (TPSA) is 107 Å². The number of rotatable bonds is 2. The first-order valence-corrected chi connectivity index (χ1v) is 10.9. The molecule has 2 saturated carbocycles. The van der Waals surface area contributed by atoms with E-state index in [1.807, 2.05) is 13.8 Å². The van der Waals surface area contributed by atoms with Crippen LogP contribution < -0.4 is 0 Å². The van der Waals surface area contributed by atoms with Crippen LogP contribution in [0, 0.1) is 17.3 Å². The van der Waals surface area contributed by atoms with E-state index in [1.54, 1.807) is 0 Å². The number of carbonyl (C=O) groups is 2. The normalized spacial score (nSPS) is 52.4. The maximum Gasteiger partial charge on any atom is 0.508 e. The van der Waals surface area contributed by atoms with Gasteiger partial charge in [-0.05, 0) is 36.7 Å². The van der Waals surface area contributed by atoms with Crippen LogP contribution in [0.3, 0.4) is 0 Å². The number of carbonyl (C=O) groups excluding carboxylic acids is 2. The fraction of sp³-hybridized carbons (Fsp3) is 0.818. The molecule has 3 aliphatic heterocycles. The van der Waals surface area contributed by atoms with Crippen molar-refractivity contribution in [3.63, 3.8) is 0 Å². The number of fused-ring (bicyclic) bond motifs is 4. The Morgan fingerprint density at radius 1 is 1.27 bits per heavy atom. The minimum atomic E-state index is -1.25. The smallest absolute Gasteiger partial charge is 0.458 e. The molecular weight excluding hydrogens is 392 g/mol. The first kappa shape index (κ1) is 19.1. The Labute approximate surface area is 174 Å². The lowest BCUT2D eigenvalue weighted by molar-refractivity contribution is -0.214. The molecule has 3 aliphatic carbocycles. The molecule has 0 radical (unpaired) electrons. The van der Waals surface area contributed by atoms with Gasteiger partial charge in [-0.25, -0.2) is 9.59 Å². The Morgan fingerprint density at radius 2 is 2.03 bits per heavy atom. The first-order chi connectivity index (χ1) is 14.2. The van der Waals surface area contributed by atoms with Crippen LogP contribution in [0.4, 0.5) is 4.79 Å². The highest BCUT2D eigenvalue weighted by Gasteiger charge is 2.91. The third kappa shape index (κ3) is 1.83. The summed E-state index contributed by atoms with van der Waals surface area (Å²) in [6.45, 7) is 6.46. The molecule has 6 rings (SSSR count). The van der Waals surface area contributed by atoms with E-state index in [1.165, 1.54) is 7.11 Å². The molecule has 2 saturated heterocycles. The summed E-state index contributed by atoms with van der Waals surface area (Å²) in [5.74, 6) is -0.164. The highest BCUT2D eigenvalue weighted by molar-refractivity contribution is 5.92. The van der Waals surface area contributed by atoms with Crippen molar-refractivity contribution < 1.29 is 38.4 Å². The highest BCUT2D eigenvalue weighted by atomic mass is 16.8. The van der Waals surface area contributed by atoms with Crippen LogP contribution in [0.2, 0.25) is 0 Å². The minimum Gasteiger partial charge on any atom is -0.458 e. The fourth-order valence-corrected chi connectivity index (χ4v) is 7.53. The van der Waals surface area contributed by atoms with Crippen LogP contribution in [-0.2, 0) is 28.5 Å². The molecule has 8 heteroatoms. The average Bonchev–Trinajstić information content (AvgIpc) is 3.57. The molecule has 1 spiro atoms. The lowest BCUT2D eigenvalue weighted by atomic mass is 9.44. The molecule has 8 unspecified atom stereocenters. The molecule has 4 fully saturated rings. The van der Waals surface area contributed by atoms with Gasteiger partial charge in [0.1, 0.15) is 17.8 Å². The van der Waals surface area contributed by atoms with Gasteiger partial charge in [-0.15, -0.1) is 0 Å². The number of esters is 1. The second-order valence-corrected chi connectivity index (χ2v) is 10.3. The minimum absolute atomic E-state index is 0.0117. The van der Waals surface area contributed by atoms with Gasteiger partial charge in [0.25, 0.3) is 0 Å². The van der Waals surface area contributed by atoms with Gasteiger partial charge in [0.05, 0.1) is 19.3 Å². The Kier molecular flexibility index (Phi) is 3.43. The van der Waals surface area contributed by atoms with Crippen molar-refractivity contribution in [1.82, 2.24) is 0 Å². The SMILES string of the molecule is COC(=O)OC1C2(C(C)C)OC2CC2(O)C3(C)CCC4=C(COC4=O)C3CC3OC312. The standard InChI is InChI=1S/C22H28O8/c1-10(2)21-15(29-21)8-20(25)19(3)6-5-11-12(9-27-16(11)23)13(19)7-14-22(20,30-14)17(21)28-18(24)26-4/h10,13-15,17,25H,5-9H2,1-4H3. The number of methoxy groups -OCH3 is 1. The maximum atomic E-state index is 12.4. The number of hydrogen-bond donors (Lipinski definition) is 1. The van der Waals surface area contributed by atoms with Crippen molar-refractivity contribution in [2.75, 3.05) is 13.7 Å². The van der Waals surface area contributed by atoms with Crippen molar-refractivity contribution in [1.29, 1.82) is 0 Å². The van der Waals surface area contributed by atoms with Crippen LogP contribution >= 0.6 is 0 Å². The summed E-state index contributed by atoms with van der Waals surface area (Å²) in [4.78, 5) is 24.4. The Balaban J connectivity index is 1.47. The number of cyclic esters (lactones) is 1. The van der Waals surface area contributed by atoms with E-state index in [9.17, 15) is 14.7 Å². The molecule has 0 bridgehead atoms. The van der Waals surface area contributed by atoms with E-state index in [-0.39, 0.29) is 30.0 Å². The van der Waals surface area contributed by atoms with Gasteiger partial charge in [0.2, 0.25) is 0 Å². The van der Waals surface area contributed by atoms with Crippen molar-refractivity contribution in [2.45, 2.75) is 81.6 Å². The number of epoxide rings is 2. The monoisotopic (exact) mass is 420 g/mol. The van der Waals surface area contributed by atoms with Crippen LogP contribution in [0.1, 0.15) is 46.5 Å². The molecule has 164 valence electrons. The van der Waals surface area contributed by atoms with Gasteiger partial charge in [-0.3, -0.25) is 0 Å². The number of aliphatic hydroxyl groups is 1. The highest BCUT2D eigenvalue weighted by Crippen LogP contribution is 2.76. The summed E-state index contributed by atoms with van der Waals surface area (Å²) in [5.41, 5.74) is -1.72. The van der Waals surface area contributed by atoms with Crippen molar-refractivity contribution in [3.05, 3.63) is 11.1 Å². The van der Waals surface area contributed by atoms with Gasteiger partial charge < -0.3 is 28.8 Å². The predicted molar refractivity (Wildman–Crippen MR) is 100 cm³/mol. The van der Waals surface area contributed by atoms with Crippen molar-refractivity contribution >= 4 is 12.1 Å². The summed E-state index contributed by atoms with van der Waals surface area (Å²) in [6, 6.07) is 0. The molecule has 0 aromatic heterocycles. The van der Waals surface area contributed by atoms with Crippen LogP contribution in [0.5, 0.6) is 0 Å². The lowest BCUT2D eigenvalue weighted by Crippen LogP contribution is -2.74. The predicted octanol–water partition coefficient (Wildman–Crippen LogP) is 1.88.